The van der Waals surface area contributed by atoms with E-state index in [1.165, 1.54) is 12.1 Å². The van der Waals surface area contributed by atoms with Crippen LogP contribution in [0.15, 0.2) is 72.8 Å². The molecule has 0 saturated heterocycles. The van der Waals surface area contributed by atoms with Gasteiger partial charge in [-0.15, -0.1) is 0 Å². The van der Waals surface area contributed by atoms with Gasteiger partial charge in [0.1, 0.15) is 12.6 Å². The van der Waals surface area contributed by atoms with Crippen molar-refractivity contribution in [3.05, 3.63) is 89.5 Å². The quantitative estimate of drug-likeness (QED) is 0.459. The summed E-state index contributed by atoms with van der Waals surface area (Å²) in [6.07, 6.45) is -0.596. The van der Waals surface area contributed by atoms with Crippen LogP contribution in [0.2, 0.25) is 0 Å². The van der Waals surface area contributed by atoms with Crippen molar-refractivity contribution in [3.8, 4) is 11.1 Å². The van der Waals surface area contributed by atoms with Crippen LogP contribution in [0.5, 0.6) is 0 Å². The third-order valence-corrected chi connectivity index (χ3v) is 5.89. The number of hydrogen-bond donors (Lipinski definition) is 3. The molecule has 180 valence electrons. The summed E-state index contributed by atoms with van der Waals surface area (Å²) in [5, 5.41) is 14.5. The fourth-order valence-corrected chi connectivity index (χ4v) is 4.25. The number of amides is 2. The standard InChI is InChI=1S/C27H27N3O5/c1-30(2)15-24(26(32)33)29-25(31)17-11-13-18(14-12-17)28-27(34)35-16-23-21-9-5-3-7-19(21)20-8-4-6-10-22(20)23/h3-14,23-24H,15-16H2,1-2H3,(H,28,34)(H,29,31)(H,32,33). The molecule has 2 amide bonds. The molecule has 3 aromatic rings. The fraction of sp³-hybridized carbons (Fsp3) is 0.222. The highest BCUT2D eigenvalue weighted by Crippen LogP contribution is 2.44. The van der Waals surface area contributed by atoms with E-state index >= 15 is 0 Å². The predicted molar refractivity (Wildman–Crippen MR) is 133 cm³/mol. The molecule has 1 aliphatic rings. The molecule has 0 spiro atoms. The number of carboxylic acids is 1. The highest BCUT2D eigenvalue weighted by Gasteiger charge is 2.29. The summed E-state index contributed by atoms with van der Waals surface area (Å²) >= 11 is 0. The number of rotatable bonds is 8. The lowest BCUT2D eigenvalue weighted by atomic mass is 9.98. The molecule has 35 heavy (non-hydrogen) atoms. The van der Waals surface area contributed by atoms with E-state index in [0.29, 0.717) is 5.69 Å². The average Bonchev–Trinajstić information content (AvgIpc) is 3.16. The molecule has 0 saturated carbocycles. The van der Waals surface area contributed by atoms with Crippen LogP contribution in [0.4, 0.5) is 10.5 Å². The lowest BCUT2D eigenvalue weighted by Crippen LogP contribution is -2.46. The van der Waals surface area contributed by atoms with E-state index in [1.54, 1.807) is 31.1 Å². The number of hydrogen-bond acceptors (Lipinski definition) is 5. The number of carboxylic acid groups (broad SMARTS) is 1. The van der Waals surface area contributed by atoms with Crippen molar-refractivity contribution in [2.45, 2.75) is 12.0 Å². The zero-order chi connectivity index (χ0) is 24.9. The Balaban J connectivity index is 1.35. The van der Waals surface area contributed by atoms with Crippen molar-refractivity contribution < 1.29 is 24.2 Å². The van der Waals surface area contributed by atoms with Gasteiger partial charge in [-0.05, 0) is 60.6 Å². The number of ether oxygens (including phenoxy) is 1. The van der Waals surface area contributed by atoms with Gasteiger partial charge in [0.2, 0.25) is 0 Å². The third kappa shape index (κ3) is 5.50. The van der Waals surface area contributed by atoms with Crippen molar-refractivity contribution in [3.63, 3.8) is 0 Å². The number of aliphatic carboxylic acids is 1. The Morgan fingerprint density at radius 3 is 2.03 bits per heavy atom. The highest BCUT2D eigenvalue weighted by molar-refractivity contribution is 5.97. The zero-order valence-electron chi connectivity index (χ0n) is 19.5. The molecule has 0 fully saturated rings. The molecule has 0 radical (unpaired) electrons. The van der Waals surface area contributed by atoms with Crippen LogP contribution in [0.3, 0.4) is 0 Å². The minimum atomic E-state index is -1.11. The Labute approximate surface area is 203 Å². The van der Waals surface area contributed by atoms with Gasteiger partial charge in [-0.2, -0.15) is 0 Å². The number of likely N-dealkylation sites (N-methyl/N-ethyl adjacent to an activating group) is 1. The molecule has 8 heteroatoms. The van der Waals surface area contributed by atoms with Crippen LogP contribution in [0.25, 0.3) is 11.1 Å². The smallest absolute Gasteiger partial charge is 0.411 e. The van der Waals surface area contributed by atoms with Crippen LogP contribution in [0.1, 0.15) is 27.4 Å². The van der Waals surface area contributed by atoms with E-state index in [2.05, 4.69) is 34.9 Å². The van der Waals surface area contributed by atoms with E-state index in [9.17, 15) is 19.5 Å². The molecule has 1 atom stereocenters. The second kappa shape index (κ2) is 10.4. The predicted octanol–water partition coefficient (Wildman–Crippen LogP) is 3.79. The molecule has 8 nitrogen and oxygen atoms in total. The minimum Gasteiger partial charge on any atom is -0.480 e. The largest absolute Gasteiger partial charge is 0.480 e. The van der Waals surface area contributed by atoms with Crippen molar-refractivity contribution in [2.75, 3.05) is 32.6 Å². The van der Waals surface area contributed by atoms with E-state index in [1.807, 2.05) is 24.3 Å². The van der Waals surface area contributed by atoms with Gasteiger partial charge < -0.3 is 20.1 Å². The number of fused-ring (bicyclic) bond motifs is 3. The summed E-state index contributed by atoms with van der Waals surface area (Å²) in [6.45, 7) is 0.366. The first-order chi connectivity index (χ1) is 16.8. The second-order valence-electron chi connectivity index (χ2n) is 8.65. The van der Waals surface area contributed by atoms with E-state index < -0.39 is 24.0 Å². The minimum absolute atomic E-state index is 0.0384. The Morgan fingerprint density at radius 2 is 1.49 bits per heavy atom. The Morgan fingerprint density at radius 1 is 0.914 bits per heavy atom. The first-order valence-electron chi connectivity index (χ1n) is 11.2. The average molecular weight is 474 g/mol. The second-order valence-corrected chi connectivity index (χ2v) is 8.65. The Bertz CT molecular complexity index is 1190. The molecule has 0 aliphatic heterocycles. The number of benzene rings is 3. The third-order valence-electron chi connectivity index (χ3n) is 5.89. The van der Waals surface area contributed by atoms with Crippen LogP contribution < -0.4 is 10.6 Å². The summed E-state index contributed by atoms with van der Waals surface area (Å²) in [5.74, 6) is -1.66. The highest BCUT2D eigenvalue weighted by atomic mass is 16.5. The maximum Gasteiger partial charge on any atom is 0.411 e. The van der Waals surface area contributed by atoms with Gasteiger partial charge in [0.15, 0.2) is 0 Å². The number of anilines is 1. The van der Waals surface area contributed by atoms with Gasteiger partial charge in [0.25, 0.3) is 5.91 Å². The summed E-state index contributed by atoms with van der Waals surface area (Å²) in [6, 6.07) is 21.4. The fourth-order valence-electron chi connectivity index (χ4n) is 4.25. The summed E-state index contributed by atoms with van der Waals surface area (Å²) in [4.78, 5) is 37.9. The van der Waals surface area contributed by atoms with Crippen LogP contribution in [-0.2, 0) is 9.53 Å². The summed E-state index contributed by atoms with van der Waals surface area (Å²) in [5.41, 5.74) is 5.31. The molecule has 3 aromatic carbocycles. The van der Waals surface area contributed by atoms with Gasteiger partial charge in [-0.1, -0.05) is 48.5 Å². The SMILES string of the molecule is CN(C)CC(NC(=O)c1ccc(NC(=O)OCC2c3ccccc3-c3ccccc32)cc1)C(=O)O. The molecule has 0 heterocycles. The molecule has 4 rings (SSSR count). The van der Waals surface area contributed by atoms with Crippen LogP contribution in [-0.4, -0.2) is 61.3 Å². The first kappa shape index (κ1) is 24.0. The van der Waals surface area contributed by atoms with Gasteiger partial charge >= 0.3 is 12.1 Å². The van der Waals surface area contributed by atoms with Crippen LogP contribution >= 0.6 is 0 Å². The Kier molecular flexibility index (Phi) is 7.12. The van der Waals surface area contributed by atoms with Gasteiger partial charge in [-0.25, -0.2) is 9.59 Å². The lowest BCUT2D eigenvalue weighted by molar-refractivity contribution is -0.139. The van der Waals surface area contributed by atoms with Gasteiger partial charge in [-0.3, -0.25) is 10.1 Å². The normalized spacial score (nSPS) is 13.0. The van der Waals surface area contributed by atoms with Crippen molar-refractivity contribution in [1.29, 1.82) is 0 Å². The van der Waals surface area contributed by atoms with E-state index in [-0.39, 0.29) is 24.6 Å². The monoisotopic (exact) mass is 473 g/mol. The van der Waals surface area contributed by atoms with E-state index in [4.69, 9.17) is 4.74 Å². The maximum absolute atomic E-state index is 12.5. The van der Waals surface area contributed by atoms with Gasteiger partial charge in [0.05, 0.1) is 0 Å². The molecular weight excluding hydrogens is 446 g/mol. The van der Waals surface area contributed by atoms with Crippen molar-refractivity contribution >= 4 is 23.7 Å². The summed E-state index contributed by atoms with van der Waals surface area (Å²) < 4.78 is 5.54. The first-order valence-corrected chi connectivity index (χ1v) is 11.2. The zero-order valence-corrected chi connectivity index (χ0v) is 19.5. The van der Waals surface area contributed by atoms with Gasteiger partial charge in [0, 0.05) is 23.7 Å². The molecular formula is C27H27N3O5. The van der Waals surface area contributed by atoms with Crippen LogP contribution in [0, 0.1) is 0 Å². The number of nitrogens with one attached hydrogen (secondary N) is 2. The van der Waals surface area contributed by atoms with Crippen molar-refractivity contribution in [2.24, 2.45) is 0 Å². The van der Waals surface area contributed by atoms with E-state index in [0.717, 1.165) is 22.3 Å². The molecule has 1 unspecified atom stereocenters. The lowest BCUT2D eigenvalue weighted by Gasteiger charge is -2.18. The molecule has 0 aromatic heterocycles. The molecule has 3 N–H and O–H groups in total. The summed E-state index contributed by atoms with van der Waals surface area (Å²) in [7, 11) is 3.46. The number of carbonyl (C=O) groups is 3. The Hall–Kier alpha value is -4.17. The van der Waals surface area contributed by atoms with Crippen molar-refractivity contribution in [1.82, 2.24) is 10.2 Å². The molecule has 1 aliphatic carbocycles. The topological polar surface area (TPSA) is 108 Å². The number of nitrogens with zero attached hydrogens (tertiary/aromatic N) is 1. The molecule has 0 bridgehead atoms. The maximum atomic E-state index is 12.5. The number of carbonyl (C=O) groups excluding carboxylic acids is 2.